The van der Waals surface area contributed by atoms with Gasteiger partial charge in [-0.25, -0.2) is 4.39 Å². The van der Waals surface area contributed by atoms with Gasteiger partial charge in [0.2, 0.25) is 5.91 Å². The summed E-state index contributed by atoms with van der Waals surface area (Å²) < 4.78 is 25.4. The average Bonchev–Trinajstić information content (AvgIpc) is 3.33. The van der Waals surface area contributed by atoms with Crippen molar-refractivity contribution < 1.29 is 18.7 Å². The van der Waals surface area contributed by atoms with Crippen LogP contribution in [0.1, 0.15) is 30.0 Å². The highest BCUT2D eigenvalue weighted by molar-refractivity contribution is 5.82. The first-order chi connectivity index (χ1) is 13.6. The number of likely N-dealkylation sites (tertiary alicyclic amines) is 1. The maximum Gasteiger partial charge on any atom is 0.227 e. The van der Waals surface area contributed by atoms with E-state index in [1.54, 1.807) is 6.07 Å². The monoisotopic (exact) mass is 382 g/mol. The molecule has 1 amide bonds. The highest BCUT2D eigenvalue weighted by atomic mass is 19.1. The third-order valence-electron chi connectivity index (χ3n) is 6.35. The van der Waals surface area contributed by atoms with E-state index in [1.807, 2.05) is 29.2 Å². The van der Waals surface area contributed by atoms with Crippen molar-refractivity contribution in [3.63, 3.8) is 0 Å². The fraction of sp³-hybridized carbons (Fsp3) is 0.409. The van der Waals surface area contributed by atoms with Gasteiger partial charge in [-0.15, -0.1) is 0 Å². The van der Waals surface area contributed by atoms with Crippen LogP contribution in [0.2, 0.25) is 0 Å². The van der Waals surface area contributed by atoms with Crippen LogP contribution in [0.15, 0.2) is 48.5 Å². The Labute approximate surface area is 163 Å². The Balaban J connectivity index is 1.39. The van der Waals surface area contributed by atoms with Gasteiger partial charge in [-0.05, 0) is 23.3 Å². The van der Waals surface area contributed by atoms with Gasteiger partial charge in [0.05, 0.1) is 25.8 Å². The van der Waals surface area contributed by atoms with E-state index in [9.17, 15) is 9.18 Å². The van der Waals surface area contributed by atoms with E-state index in [1.165, 1.54) is 13.2 Å². The van der Waals surface area contributed by atoms with Gasteiger partial charge >= 0.3 is 0 Å². The molecule has 0 aromatic heterocycles. The lowest BCUT2D eigenvalue weighted by Gasteiger charge is -2.33. The van der Waals surface area contributed by atoms with Crippen LogP contribution in [0.3, 0.4) is 0 Å². The van der Waals surface area contributed by atoms with Crippen molar-refractivity contribution in [2.75, 3.05) is 20.3 Å². The molecule has 3 fully saturated rings. The smallest absolute Gasteiger partial charge is 0.227 e. The van der Waals surface area contributed by atoms with Crippen molar-refractivity contribution in [2.45, 2.75) is 37.2 Å². The van der Waals surface area contributed by atoms with Gasteiger partial charge in [-0.1, -0.05) is 36.4 Å². The molecule has 5 rings (SSSR count). The van der Waals surface area contributed by atoms with Crippen LogP contribution in [0.5, 0.6) is 5.75 Å². The second kappa shape index (κ2) is 6.57. The fourth-order valence-corrected chi connectivity index (χ4v) is 5.08. The summed E-state index contributed by atoms with van der Waals surface area (Å²) >= 11 is 0. The topological polar surface area (TPSA) is 42.0 Å². The highest BCUT2D eigenvalue weighted by Crippen LogP contribution is 2.51. The minimum absolute atomic E-state index is 0.00104. The van der Waals surface area contributed by atoms with Gasteiger partial charge in [-0.2, -0.15) is 0 Å². The Morgan fingerprint density at radius 1 is 1.25 bits per heavy atom. The number of benzene rings is 2. The Kier molecular flexibility index (Phi) is 4.14. The summed E-state index contributed by atoms with van der Waals surface area (Å²) in [5.74, 6) is 0.0231. The molecule has 1 spiro atoms. The van der Waals surface area contributed by atoms with E-state index in [2.05, 4.69) is 17.0 Å². The second-order valence-corrected chi connectivity index (χ2v) is 7.76. The predicted octanol–water partition coefficient (Wildman–Crippen LogP) is 3.11. The third kappa shape index (κ3) is 2.55. The standard InChI is InChI=1S/C22H23FN2O3/c1-27-19-8-7-15(11-17(19)23)13-24-10-9-22-20(24)12-21(26)25(22)18(14-28-22)16-5-3-2-4-6-16/h2-8,11,18,20H,9-10,12-14H2,1H3/t18-,20+,22-/m0/s1. The largest absolute Gasteiger partial charge is 0.494 e. The van der Waals surface area contributed by atoms with Gasteiger partial charge < -0.3 is 14.4 Å². The first kappa shape index (κ1) is 17.6. The molecule has 3 saturated heterocycles. The molecule has 0 bridgehead atoms. The number of methoxy groups -OCH3 is 1. The summed E-state index contributed by atoms with van der Waals surface area (Å²) in [5.41, 5.74) is 1.44. The first-order valence-electron chi connectivity index (χ1n) is 9.70. The summed E-state index contributed by atoms with van der Waals surface area (Å²) in [5, 5.41) is 0. The number of rotatable bonds is 4. The van der Waals surface area contributed by atoms with E-state index in [0.717, 1.165) is 24.1 Å². The Morgan fingerprint density at radius 2 is 2.07 bits per heavy atom. The molecule has 0 N–H and O–H groups in total. The summed E-state index contributed by atoms with van der Waals surface area (Å²) in [4.78, 5) is 17.2. The van der Waals surface area contributed by atoms with Crippen LogP contribution < -0.4 is 4.74 Å². The quantitative estimate of drug-likeness (QED) is 0.815. The van der Waals surface area contributed by atoms with E-state index in [-0.39, 0.29) is 29.6 Å². The molecule has 5 nitrogen and oxygen atoms in total. The van der Waals surface area contributed by atoms with Gasteiger partial charge in [-0.3, -0.25) is 9.69 Å². The van der Waals surface area contributed by atoms with Crippen molar-refractivity contribution in [3.05, 3.63) is 65.5 Å². The molecule has 28 heavy (non-hydrogen) atoms. The number of nitrogens with zero attached hydrogens (tertiary/aromatic N) is 2. The minimum Gasteiger partial charge on any atom is -0.494 e. The summed E-state index contributed by atoms with van der Waals surface area (Å²) in [6, 6.07) is 15.1. The molecule has 3 heterocycles. The lowest BCUT2D eigenvalue weighted by atomic mass is 10.0. The molecule has 2 aromatic carbocycles. The Bertz CT molecular complexity index is 906. The van der Waals surface area contributed by atoms with Crippen molar-refractivity contribution in [1.82, 2.24) is 9.80 Å². The van der Waals surface area contributed by atoms with E-state index >= 15 is 0 Å². The Morgan fingerprint density at radius 3 is 2.82 bits per heavy atom. The van der Waals surface area contributed by atoms with E-state index < -0.39 is 5.72 Å². The van der Waals surface area contributed by atoms with E-state index in [4.69, 9.17) is 9.47 Å². The van der Waals surface area contributed by atoms with Gasteiger partial charge in [0.25, 0.3) is 0 Å². The molecule has 3 aliphatic rings. The maximum atomic E-state index is 14.1. The van der Waals surface area contributed by atoms with E-state index in [0.29, 0.717) is 19.6 Å². The molecule has 3 aliphatic heterocycles. The zero-order valence-corrected chi connectivity index (χ0v) is 15.8. The summed E-state index contributed by atoms with van der Waals surface area (Å²) in [7, 11) is 1.46. The molecule has 2 aromatic rings. The van der Waals surface area contributed by atoms with Crippen LogP contribution >= 0.6 is 0 Å². The van der Waals surface area contributed by atoms with Gasteiger partial charge in [0.1, 0.15) is 0 Å². The maximum absolute atomic E-state index is 14.1. The first-order valence-corrected chi connectivity index (χ1v) is 9.70. The van der Waals surface area contributed by atoms with Crippen LogP contribution in [0.4, 0.5) is 4.39 Å². The Hall–Kier alpha value is -2.44. The summed E-state index contributed by atoms with van der Waals surface area (Å²) in [6.45, 7) is 1.94. The highest BCUT2D eigenvalue weighted by Gasteiger charge is 2.64. The normalized spacial score (nSPS) is 29.2. The minimum atomic E-state index is -0.553. The van der Waals surface area contributed by atoms with Crippen molar-refractivity contribution in [2.24, 2.45) is 0 Å². The molecular formula is C22H23FN2O3. The van der Waals surface area contributed by atoms with Gasteiger partial charge in [0.15, 0.2) is 17.3 Å². The molecule has 0 aliphatic carbocycles. The predicted molar refractivity (Wildman–Crippen MR) is 101 cm³/mol. The molecule has 3 atom stereocenters. The zero-order valence-electron chi connectivity index (χ0n) is 15.8. The molecule has 0 saturated carbocycles. The second-order valence-electron chi connectivity index (χ2n) is 7.76. The van der Waals surface area contributed by atoms with Crippen molar-refractivity contribution in [1.29, 1.82) is 0 Å². The average molecular weight is 382 g/mol. The number of hydrogen-bond acceptors (Lipinski definition) is 4. The number of carbonyl (C=O) groups is 1. The van der Waals surface area contributed by atoms with Crippen molar-refractivity contribution in [3.8, 4) is 5.75 Å². The molecular weight excluding hydrogens is 359 g/mol. The fourth-order valence-electron chi connectivity index (χ4n) is 5.08. The number of halogens is 1. The van der Waals surface area contributed by atoms with Crippen LogP contribution in [0.25, 0.3) is 0 Å². The number of ether oxygens (including phenoxy) is 2. The lowest BCUT2D eigenvalue weighted by Crippen LogP contribution is -2.48. The van der Waals surface area contributed by atoms with Gasteiger partial charge in [0, 0.05) is 25.9 Å². The molecule has 6 heteroatoms. The number of hydrogen-bond donors (Lipinski definition) is 0. The number of carbonyl (C=O) groups excluding carboxylic acids is 1. The molecule has 0 radical (unpaired) electrons. The molecule has 0 unspecified atom stereocenters. The van der Waals surface area contributed by atoms with Crippen LogP contribution in [0, 0.1) is 5.82 Å². The summed E-state index contributed by atoms with van der Waals surface area (Å²) in [6.07, 6.45) is 1.23. The van der Waals surface area contributed by atoms with Crippen LogP contribution in [-0.4, -0.2) is 47.7 Å². The van der Waals surface area contributed by atoms with Crippen molar-refractivity contribution >= 4 is 5.91 Å². The molecule has 146 valence electrons. The number of amides is 1. The lowest BCUT2D eigenvalue weighted by molar-refractivity contribution is -0.138. The van der Waals surface area contributed by atoms with Crippen LogP contribution in [-0.2, 0) is 16.1 Å². The zero-order chi connectivity index (χ0) is 19.3. The third-order valence-corrected chi connectivity index (χ3v) is 6.35. The SMILES string of the molecule is COc1ccc(CN2CC[C@@]34OC[C@@H](c5ccccc5)N3C(=O)C[C@@H]24)cc1F.